The maximum atomic E-state index is 11.9. The highest BCUT2D eigenvalue weighted by atomic mass is 31.1. The topological polar surface area (TPSA) is 94.9 Å². The van der Waals surface area contributed by atoms with Gasteiger partial charge in [-0.15, -0.1) is 0 Å². The molecule has 0 aliphatic carbocycles. The number of allylic oxidation sites excluding steroid dienone is 2. The van der Waals surface area contributed by atoms with E-state index in [1.807, 2.05) is 0 Å². The smallest absolute Gasteiger partial charge is 0.329 e. The number of carbonyl (C=O) groups excluding carboxylic acids is 1. The minimum Gasteiger partial charge on any atom is -0.480 e. The molecule has 0 aliphatic heterocycles. The monoisotopic (exact) mass is 387 g/mol. The zero-order chi connectivity index (χ0) is 19.6. The zero-order valence-corrected chi connectivity index (χ0v) is 16.8. The fraction of sp³-hybridized carbons (Fsp3) is 0.789. The summed E-state index contributed by atoms with van der Waals surface area (Å²) in [6.45, 7) is 1.47. The van der Waals surface area contributed by atoms with Crippen LogP contribution in [0.1, 0.15) is 84.0 Å². The average molecular weight is 387 g/mol. The molecule has 26 heavy (non-hydrogen) atoms. The van der Waals surface area contributed by atoms with E-state index in [-0.39, 0.29) is 6.42 Å². The van der Waals surface area contributed by atoms with Crippen LogP contribution in [-0.2, 0) is 14.2 Å². The van der Waals surface area contributed by atoms with Gasteiger partial charge in [0.05, 0.1) is 6.61 Å². The highest BCUT2D eigenvalue weighted by Crippen LogP contribution is 2.16. The predicted molar refractivity (Wildman–Crippen MR) is 103 cm³/mol. The Morgan fingerprint density at radius 3 is 2.00 bits per heavy atom. The van der Waals surface area contributed by atoms with Crippen LogP contribution in [0.25, 0.3) is 0 Å². The molecule has 1 atom stereocenters. The van der Waals surface area contributed by atoms with E-state index in [0.29, 0.717) is 11.1 Å². The van der Waals surface area contributed by atoms with Crippen LogP contribution < -0.4 is 0 Å². The molecule has 0 rings (SSSR count). The van der Waals surface area contributed by atoms with E-state index in [1.54, 1.807) is 0 Å². The lowest BCUT2D eigenvalue weighted by Gasteiger charge is -2.20. The third kappa shape index (κ3) is 12.2. The number of aliphatic hydroxyl groups excluding tert-OH is 1. The van der Waals surface area contributed by atoms with Gasteiger partial charge in [-0.25, -0.2) is 14.0 Å². The lowest BCUT2D eigenvalue weighted by atomic mass is 10.1. The molecule has 7 heteroatoms. The molecule has 1 amide bonds. The molecule has 0 radical (unpaired) electrons. The summed E-state index contributed by atoms with van der Waals surface area (Å²) in [5.41, 5.74) is 0. The number of hydrogen-bond acceptors (Lipinski definition) is 4. The molecule has 0 heterocycles. The van der Waals surface area contributed by atoms with E-state index < -0.39 is 33.1 Å². The van der Waals surface area contributed by atoms with Crippen molar-refractivity contribution >= 4 is 20.5 Å². The van der Waals surface area contributed by atoms with Crippen LogP contribution in [0.15, 0.2) is 12.2 Å². The molecule has 0 aromatic rings. The van der Waals surface area contributed by atoms with E-state index >= 15 is 0 Å². The van der Waals surface area contributed by atoms with Crippen molar-refractivity contribution in [2.45, 2.75) is 90.0 Å². The van der Waals surface area contributed by atoms with Crippen LogP contribution in [0.2, 0.25) is 0 Å². The van der Waals surface area contributed by atoms with Crippen molar-refractivity contribution in [3.05, 3.63) is 12.2 Å². The summed E-state index contributed by atoms with van der Waals surface area (Å²) >= 11 is 0. The number of hydrogen-bond donors (Lipinski definition) is 2. The van der Waals surface area contributed by atoms with Crippen LogP contribution in [0.5, 0.6) is 0 Å². The molecule has 0 aliphatic rings. The van der Waals surface area contributed by atoms with Crippen molar-refractivity contribution in [1.29, 1.82) is 0 Å². The minimum atomic E-state index is -1.45. The van der Waals surface area contributed by atoms with E-state index in [0.717, 1.165) is 32.1 Å². The summed E-state index contributed by atoms with van der Waals surface area (Å²) in [6.07, 6.45) is 16.9. The summed E-state index contributed by atoms with van der Waals surface area (Å²) in [5, 5.41) is 17.9. The molecule has 0 spiro atoms. The van der Waals surface area contributed by atoms with E-state index in [1.165, 1.54) is 32.1 Å². The van der Waals surface area contributed by atoms with Crippen LogP contribution >= 0.6 is 8.61 Å². The standard InChI is InChI=1S/C19H34NO5P/c1-2-3-4-5-6-7-8-9-10-11-12-13-14-15-18(22)20(26-25)17(16-21)19(23)24/h7-8,17,21H,2-6,9-16H2,1H3,(H,23,24)/b8-7-. The zero-order valence-electron chi connectivity index (χ0n) is 15.9. The van der Waals surface area contributed by atoms with Crippen LogP contribution in [-0.4, -0.2) is 39.4 Å². The Morgan fingerprint density at radius 1 is 0.962 bits per heavy atom. The molecular weight excluding hydrogens is 353 g/mol. The van der Waals surface area contributed by atoms with Crippen molar-refractivity contribution in [3.63, 3.8) is 0 Å². The highest BCUT2D eigenvalue weighted by Gasteiger charge is 2.29. The third-order valence-corrected chi connectivity index (χ3v) is 4.93. The number of rotatable bonds is 17. The maximum Gasteiger partial charge on any atom is 0.329 e. The SMILES string of the molecule is CCCCCC/C=C\CCCCCCCC(=O)N(P=O)C(CO)C(=O)O. The van der Waals surface area contributed by atoms with Gasteiger partial charge in [-0.05, 0) is 32.1 Å². The van der Waals surface area contributed by atoms with Gasteiger partial charge in [0.1, 0.15) is 0 Å². The highest BCUT2D eigenvalue weighted by molar-refractivity contribution is 7.22. The van der Waals surface area contributed by atoms with E-state index in [2.05, 4.69) is 19.1 Å². The number of carbonyl (C=O) groups is 2. The van der Waals surface area contributed by atoms with Gasteiger partial charge in [-0.2, -0.15) is 0 Å². The van der Waals surface area contributed by atoms with Gasteiger partial charge in [0.15, 0.2) is 6.04 Å². The summed E-state index contributed by atoms with van der Waals surface area (Å²) < 4.78 is 11.7. The number of unbranched alkanes of at least 4 members (excludes halogenated alkanes) is 9. The summed E-state index contributed by atoms with van der Waals surface area (Å²) in [6, 6.07) is -1.45. The Hall–Kier alpha value is -1.26. The first-order valence-electron chi connectivity index (χ1n) is 9.72. The van der Waals surface area contributed by atoms with Gasteiger partial charge < -0.3 is 10.2 Å². The Morgan fingerprint density at radius 2 is 1.50 bits per heavy atom. The predicted octanol–water partition coefficient (Wildman–Crippen LogP) is 4.72. The minimum absolute atomic E-state index is 0.149. The quantitative estimate of drug-likeness (QED) is 0.214. The van der Waals surface area contributed by atoms with Gasteiger partial charge in [-0.3, -0.25) is 4.79 Å². The average Bonchev–Trinajstić information content (AvgIpc) is 2.62. The normalized spacial score (nSPS) is 12.5. The molecule has 0 aromatic carbocycles. The summed E-state index contributed by atoms with van der Waals surface area (Å²) in [4.78, 5) is 22.8. The number of amides is 1. The Kier molecular flexibility index (Phi) is 16.3. The lowest BCUT2D eigenvalue weighted by Crippen LogP contribution is -2.41. The molecule has 2 N–H and O–H groups in total. The molecule has 0 fully saturated rings. The maximum absolute atomic E-state index is 11.9. The first kappa shape index (κ1) is 24.7. The third-order valence-electron chi connectivity index (χ3n) is 4.25. The van der Waals surface area contributed by atoms with Gasteiger partial charge in [-0.1, -0.05) is 57.6 Å². The van der Waals surface area contributed by atoms with Crippen molar-refractivity contribution in [2.75, 3.05) is 6.61 Å². The van der Waals surface area contributed by atoms with Gasteiger partial charge in [0.25, 0.3) is 8.61 Å². The molecular formula is C19H34NO5P. The fourth-order valence-electron chi connectivity index (χ4n) is 2.64. The van der Waals surface area contributed by atoms with Gasteiger partial charge >= 0.3 is 5.97 Å². The molecule has 0 saturated heterocycles. The van der Waals surface area contributed by atoms with E-state index in [4.69, 9.17) is 10.2 Å². The van der Waals surface area contributed by atoms with Crippen LogP contribution in [0, 0.1) is 0 Å². The van der Waals surface area contributed by atoms with Crippen LogP contribution in [0.3, 0.4) is 0 Å². The van der Waals surface area contributed by atoms with Gasteiger partial charge in [0, 0.05) is 6.42 Å². The fourth-order valence-corrected chi connectivity index (χ4v) is 3.12. The second-order valence-electron chi connectivity index (χ2n) is 6.48. The van der Waals surface area contributed by atoms with Crippen molar-refractivity contribution in [2.24, 2.45) is 0 Å². The molecule has 0 bridgehead atoms. The largest absolute Gasteiger partial charge is 0.480 e. The number of carboxylic acids is 1. The molecule has 6 nitrogen and oxygen atoms in total. The first-order valence-corrected chi connectivity index (χ1v) is 10.5. The lowest BCUT2D eigenvalue weighted by molar-refractivity contribution is -0.147. The number of aliphatic hydroxyl groups is 1. The van der Waals surface area contributed by atoms with E-state index in [9.17, 15) is 14.2 Å². The molecule has 1 unspecified atom stereocenters. The number of nitrogens with zero attached hydrogens (tertiary/aromatic N) is 1. The number of aliphatic carboxylic acids is 1. The molecule has 150 valence electrons. The first-order chi connectivity index (χ1) is 12.6. The van der Waals surface area contributed by atoms with Crippen LogP contribution in [0.4, 0.5) is 0 Å². The molecule has 0 aromatic heterocycles. The second-order valence-corrected chi connectivity index (χ2v) is 7.08. The Balaban J connectivity index is 3.70. The Bertz CT molecular complexity index is 428. The van der Waals surface area contributed by atoms with Crippen molar-refractivity contribution in [1.82, 2.24) is 4.67 Å². The number of carboxylic acid groups (broad SMARTS) is 1. The molecule has 0 saturated carbocycles. The van der Waals surface area contributed by atoms with Gasteiger partial charge in [0.2, 0.25) is 5.91 Å². The second kappa shape index (κ2) is 17.2. The van der Waals surface area contributed by atoms with Crippen molar-refractivity contribution in [3.8, 4) is 0 Å². The Labute approximate surface area is 158 Å². The van der Waals surface area contributed by atoms with Crippen molar-refractivity contribution < 1.29 is 24.4 Å². The summed E-state index contributed by atoms with van der Waals surface area (Å²) in [7, 11) is -0.692. The summed E-state index contributed by atoms with van der Waals surface area (Å²) in [5.74, 6) is -1.86.